The van der Waals surface area contributed by atoms with Crippen LogP contribution in [0.25, 0.3) is 0 Å². The molecule has 7 atom stereocenters. The van der Waals surface area contributed by atoms with Gasteiger partial charge in [-0.1, -0.05) is 20.3 Å². The summed E-state index contributed by atoms with van der Waals surface area (Å²) in [4.78, 5) is 11.5. The molecule has 0 bridgehead atoms. The van der Waals surface area contributed by atoms with E-state index in [1.165, 1.54) is 44.9 Å². The van der Waals surface area contributed by atoms with E-state index in [1.807, 2.05) is 0 Å². The Bertz CT molecular complexity index is 492. The molecule has 1 saturated heterocycles. The van der Waals surface area contributed by atoms with Crippen LogP contribution in [0.1, 0.15) is 71.6 Å². The van der Waals surface area contributed by atoms with E-state index in [4.69, 9.17) is 0 Å². The highest BCUT2D eigenvalue weighted by atomic mass is 16.4. The molecule has 1 aliphatic heterocycles. The first-order valence-corrected chi connectivity index (χ1v) is 9.89. The zero-order valence-electron chi connectivity index (χ0n) is 14.8. The maximum Gasteiger partial charge on any atom is 0.303 e. The third-order valence-corrected chi connectivity index (χ3v) is 8.56. The monoisotopic (exact) mass is 319 g/mol. The molecule has 0 aromatic carbocycles. The van der Waals surface area contributed by atoms with Crippen LogP contribution in [0.15, 0.2) is 0 Å². The van der Waals surface area contributed by atoms with Gasteiger partial charge in [0.05, 0.1) is 0 Å². The molecule has 0 radical (unpaired) electrons. The van der Waals surface area contributed by atoms with Crippen LogP contribution in [-0.4, -0.2) is 23.7 Å². The summed E-state index contributed by atoms with van der Waals surface area (Å²) in [6.45, 7) is 6.15. The highest BCUT2D eigenvalue weighted by Crippen LogP contribution is 2.65. The molecule has 4 fully saturated rings. The van der Waals surface area contributed by atoms with Crippen molar-refractivity contribution in [1.82, 2.24) is 5.32 Å². The van der Waals surface area contributed by atoms with Gasteiger partial charge in [-0.25, -0.2) is 0 Å². The summed E-state index contributed by atoms with van der Waals surface area (Å²) >= 11 is 0. The second-order valence-corrected chi connectivity index (χ2v) is 9.58. The predicted molar refractivity (Wildman–Crippen MR) is 91.2 cm³/mol. The minimum Gasteiger partial charge on any atom is -0.481 e. The van der Waals surface area contributed by atoms with Gasteiger partial charge in [-0.05, 0) is 86.0 Å². The Morgan fingerprint density at radius 2 is 1.96 bits per heavy atom. The molecule has 3 aliphatic carbocycles. The van der Waals surface area contributed by atoms with Crippen LogP contribution in [-0.2, 0) is 4.79 Å². The predicted octanol–water partition coefficient (Wildman–Crippen LogP) is 4.07. The van der Waals surface area contributed by atoms with E-state index < -0.39 is 5.97 Å². The van der Waals surface area contributed by atoms with E-state index in [2.05, 4.69) is 19.2 Å². The van der Waals surface area contributed by atoms with Crippen LogP contribution in [0.5, 0.6) is 0 Å². The number of hydrogen-bond donors (Lipinski definition) is 2. The number of aliphatic carboxylic acids is 1. The van der Waals surface area contributed by atoms with Crippen molar-refractivity contribution in [3.05, 3.63) is 0 Å². The average molecular weight is 319 g/mol. The number of piperidine rings is 1. The first-order valence-electron chi connectivity index (χ1n) is 9.89. The minimum absolute atomic E-state index is 0.391. The van der Waals surface area contributed by atoms with Gasteiger partial charge in [0.1, 0.15) is 0 Å². The molecule has 2 N–H and O–H groups in total. The normalized spacial score (nSPS) is 52.3. The van der Waals surface area contributed by atoms with Crippen molar-refractivity contribution in [3.8, 4) is 0 Å². The lowest BCUT2D eigenvalue weighted by molar-refractivity contribution is -0.147. The summed E-state index contributed by atoms with van der Waals surface area (Å²) in [6.07, 6.45) is 10.9. The number of fused-ring (bicyclic) bond motifs is 5. The Hall–Kier alpha value is -0.570. The third-order valence-electron chi connectivity index (χ3n) is 8.56. The van der Waals surface area contributed by atoms with Gasteiger partial charge in [-0.3, -0.25) is 4.79 Å². The molecule has 0 aromatic heterocycles. The van der Waals surface area contributed by atoms with E-state index >= 15 is 0 Å². The third kappa shape index (κ3) is 2.37. The number of carboxylic acid groups (broad SMARTS) is 1. The number of hydrogen-bond acceptors (Lipinski definition) is 2. The van der Waals surface area contributed by atoms with Crippen LogP contribution < -0.4 is 5.32 Å². The van der Waals surface area contributed by atoms with Crippen molar-refractivity contribution in [3.63, 3.8) is 0 Å². The number of rotatable bonds is 2. The topological polar surface area (TPSA) is 49.3 Å². The van der Waals surface area contributed by atoms with Crippen molar-refractivity contribution in [2.24, 2.45) is 34.5 Å². The van der Waals surface area contributed by atoms with Gasteiger partial charge in [0.2, 0.25) is 0 Å². The molecule has 2 unspecified atom stereocenters. The zero-order valence-corrected chi connectivity index (χ0v) is 14.8. The molecule has 130 valence electrons. The van der Waals surface area contributed by atoms with Gasteiger partial charge in [0.25, 0.3) is 0 Å². The first-order chi connectivity index (χ1) is 10.9. The van der Waals surface area contributed by atoms with Crippen LogP contribution >= 0.6 is 0 Å². The maximum absolute atomic E-state index is 11.5. The van der Waals surface area contributed by atoms with Crippen LogP contribution in [0.2, 0.25) is 0 Å². The Balaban J connectivity index is 1.70. The van der Waals surface area contributed by atoms with Gasteiger partial charge < -0.3 is 10.4 Å². The quantitative estimate of drug-likeness (QED) is 0.806. The molecule has 0 spiro atoms. The summed E-state index contributed by atoms with van der Waals surface area (Å²) < 4.78 is 0. The first kappa shape index (κ1) is 15.9. The molecule has 4 rings (SSSR count). The summed E-state index contributed by atoms with van der Waals surface area (Å²) in [6, 6.07) is 0.549. The Kier molecular flexibility index (Phi) is 3.79. The molecule has 3 saturated carbocycles. The Morgan fingerprint density at radius 3 is 2.74 bits per heavy atom. The molecule has 0 aromatic rings. The Labute approximate surface area is 140 Å². The largest absolute Gasteiger partial charge is 0.481 e. The van der Waals surface area contributed by atoms with Crippen LogP contribution in [0, 0.1) is 34.5 Å². The van der Waals surface area contributed by atoms with E-state index in [0.29, 0.717) is 35.1 Å². The van der Waals surface area contributed by atoms with Crippen LogP contribution in [0.3, 0.4) is 0 Å². The summed E-state index contributed by atoms with van der Waals surface area (Å²) in [5.41, 5.74) is 0.908. The van der Waals surface area contributed by atoms with Gasteiger partial charge in [-0.2, -0.15) is 0 Å². The van der Waals surface area contributed by atoms with Gasteiger partial charge in [0, 0.05) is 12.5 Å². The second-order valence-electron chi connectivity index (χ2n) is 9.58. The van der Waals surface area contributed by atoms with E-state index in [9.17, 15) is 9.90 Å². The van der Waals surface area contributed by atoms with Crippen LogP contribution in [0.4, 0.5) is 0 Å². The highest BCUT2D eigenvalue weighted by molar-refractivity contribution is 5.67. The smallest absolute Gasteiger partial charge is 0.303 e. The van der Waals surface area contributed by atoms with Crippen molar-refractivity contribution in [2.45, 2.75) is 77.7 Å². The van der Waals surface area contributed by atoms with Crippen molar-refractivity contribution < 1.29 is 9.90 Å². The maximum atomic E-state index is 11.5. The number of carboxylic acids is 1. The Morgan fingerprint density at radius 1 is 1.13 bits per heavy atom. The lowest BCUT2D eigenvalue weighted by atomic mass is 9.45. The van der Waals surface area contributed by atoms with Crippen molar-refractivity contribution in [2.75, 3.05) is 6.54 Å². The molecule has 4 aliphatic rings. The molecule has 23 heavy (non-hydrogen) atoms. The standard InChI is InChI=1S/C20H33NO2/c1-19-7-3-5-14(19)18-13(12-17(22)23)11-16-20(2,8-4-10-21-16)15(18)6-9-19/h13-16,18,21H,3-12H2,1-2H3,(H,22,23)/t13?,14-,15+,16?,18-,19-,20+/m0/s1. The second kappa shape index (κ2) is 5.47. The molecular formula is C20H33NO2. The number of nitrogens with one attached hydrogen (secondary N) is 1. The molecule has 3 nitrogen and oxygen atoms in total. The average Bonchev–Trinajstić information content (AvgIpc) is 2.88. The molecule has 1 heterocycles. The lowest BCUT2D eigenvalue weighted by Crippen LogP contribution is -2.62. The fourth-order valence-corrected chi connectivity index (χ4v) is 7.46. The zero-order chi connectivity index (χ0) is 16.2. The van der Waals surface area contributed by atoms with Crippen molar-refractivity contribution in [1.29, 1.82) is 0 Å². The number of carbonyl (C=O) groups is 1. The van der Waals surface area contributed by atoms with E-state index in [-0.39, 0.29) is 0 Å². The molecule has 0 amide bonds. The van der Waals surface area contributed by atoms with Crippen molar-refractivity contribution >= 4 is 5.97 Å². The fourth-order valence-electron chi connectivity index (χ4n) is 7.46. The minimum atomic E-state index is -0.585. The van der Waals surface area contributed by atoms with E-state index in [0.717, 1.165) is 24.8 Å². The van der Waals surface area contributed by atoms with Gasteiger partial charge in [0.15, 0.2) is 0 Å². The summed E-state index contributed by atoms with van der Waals surface area (Å²) in [7, 11) is 0. The van der Waals surface area contributed by atoms with Gasteiger partial charge in [-0.15, -0.1) is 0 Å². The summed E-state index contributed by atoms with van der Waals surface area (Å²) in [5.74, 6) is 2.00. The fraction of sp³-hybridized carbons (Fsp3) is 0.950. The summed E-state index contributed by atoms with van der Waals surface area (Å²) in [5, 5.41) is 13.3. The molecular weight excluding hydrogens is 286 g/mol. The SMILES string of the molecule is C[C@@]12CCC[C@H]1[C@@H]1C(CC(=O)O)CC3NCCC[C@]3(C)[C@@H]1CC2. The van der Waals surface area contributed by atoms with E-state index in [1.54, 1.807) is 0 Å². The van der Waals surface area contributed by atoms with Gasteiger partial charge >= 0.3 is 5.97 Å². The molecule has 3 heteroatoms. The highest BCUT2D eigenvalue weighted by Gasteiger charge is 2.60. The lowest BCUT2D eigenvalue weighted by Gasteiger charge is -2.62.